The Morgan fingerprint density at radius 3 is 3.08 bits per heavy atom. The molecule has 0 atom stereocenters. The van der Waals surface area contributed by atoms with E-state index in [0.29, 0.717) is 12.4 Å². The highest BCUT2D eigenvalue weighted by Gasteiger charge is 2.03. The highest BCUT2D eigenvalue weighted by Crippen LogP contribution is 2.16. The molecule has 0 aliphatic rings. The van der Waals surface area contributed by atoms with Crippen molar-refractivity contribution in [2.45, 2.75) is 6.54 Å². The van der Waals surface area contributed by atoms with Crippen LogP contribution in [-0.4, -0.2) is 9.97 Å². The Balaban J connectivity index is 2.35. The van der Waals surface area contributed by atoms with Crippen molar-refractivity contribution in [3.63, 3.8) is 0 Å². The molecule has 0 fully saturated rings. The lowest BCUT2D eigenvalue weighted by Crippen LogP contribution is -1.95. The van der Waals surface area contributed by atoms with Crippen LogP contribution >= 0.6 is 0 Å². The fourth-order valence-corrected chi connectivity index (χ4v) is 1.02. The highest BCUT2D eigenvalue weighted by atomic mass is 16.3. The van der Waals surface area contributed by atoms with Gasteiger partial charge in [0.05, 0.1) is 6.54 Å². The molecule has 62 valence electrons. The van der Waals surface area contributed by atoms with Crippen molar-refractivity contribution in [3.8, 4) is 11.3 Å². The normalized spacial score (nSPS) is 10.4. The zero-order chi connectivity index (χ0) is 8.39. The van der Waals surface area contributed by atoms with E-state index in [1.165, 1.54) is 0 Å². The summed E-state index contributed by atoms with van der Waals surface area (Å²) in [6.45, 7) is 0.338. The van der Waals surface area contributed by atoms with Crippen LogP contribution in [0.5, 0.6) is 0 Å². The smallest absolute Gasteiger partial charge is 0.208 e. The van der Waals surface area contributed by atoms with Gasteiger partial charge in [-0.1, -0.05) is 0 Å². The monoisotopic (exact) mass is 163 g/mol. The van der Waals surface area contributed by atoms with Crippen LogP contribution < -0.4 is 5.73 Å². The van der Waals surface area contributed by atoms with Crippen molar-refractivity contribution in [1.29, 1.82) is 0 Å². The summed E-state index contributed by atoms with van der Waals surface area (Å²) in [4.78, 5) is 7.10. The fourth-order valence-electron chi connectivity index (χ4n) is 1.02. The second-order valence-electron chi connectivity index (χ2n) is 2.43. The lowest BCUT2D eigenvalue weighted by atomic mass is 10.3. The molecule has 0 aromatic carbocycles. The number of H-pyrrole nitrogens is 1. The molecule has 0 amide bonds. The van der Waals surface area contributed by atoms with Gasteiger partial charge in [-0.2, -0.15) is 0 Å². The zero-order valence-electron chi connectivity index (χ0n) is 6.45. The van der Waals surface area contributed by atoms with Crippen LogP contribution in [0.2, 0.25) is 0 Å². The number of nitrogens with two attached hydrogens (primary N) is 1. The number of nitrogens with zero attached hydrogens (tertiary/aromatic N) is 1. The Kier molecular flexibility index (Phi) is 1.68. The summed E-state index contributed by atoms with van der Waals surface area (Å²) in [5.74, 6) is 0.561. The van der Waals surface area contributed by atoms with Crippen LogP contribution in [-0.2, 0) is 6.54 Å². The molecule has 12 heavy (non-hydrogen) atoms. The van der Waals surface area contributed by atoms with Gasteiger partial charge in [0, 0.05) is 18.0 Å². The number of nitrogens with one attached hydrogen (secondary N) is 1. The van der Waals surface area contributed by atoms with Crippen molar-refractivity contribution in [3.05, 3.63) is 30.6 Å². The minimum absolute atomic E-state index is 0.338. The Labute approximate surface area is 69.4 Å². The van der Waals surface area contributed by atoms with Gasteiger partial charge in [-0.15, -0.1) is 0 Å². The number of hydrogen-bond acceptors (Lipinski definition) is 3. The largest absolute Gasteiger partial charge is 0.447 e. The molecule has 0 saturated heterocycles. The number of aromatic nitrogens is 2. The topological polar surface area (TPSA) is 67.8 Å². The quantitative estimate of drug-likeness (QED) is 0.697. The van der Waals surface area contributed by atoms with Gasteiger partial charge < -0.3 is 15.1 Å². The molecule has 0 spiro atoms. The summed E-state index contributed by atoms with van der Waals surface area (Å²) in [6.07, 6.45) is 5.30. The van der Waals surface area contributed by atoms with Crippen LogP contribution in [0, 0.1) is 0 Å². The van der Waals surface area contributed by atoms with Crippen LogP contribution in [0.3, 0.4) is 0 Å². The van der Waals surface area contributed by atoms with E-state index in [4.69, 9.17) is 10.2 Å². The third-order valence-corrected chi connectivity index (χ3v) is 1.62. The number of hydrogen-bond donors (Lipinski definition) is 2. The molecule has 2 heterocycles. The third-order valence-electron chi connectivity index (χ3n) is 1.62. The Morgan fingerprint density at radius 1 is 1.58 bits per heavy atom. The minimum atomic E-state index is 0.338. The predicted molar refractivity (Wildman–Crippen MR) is 44.2 cm³/mol. The van der Waals surface area contributed by atoms with Gasteiger partial charge in [0.15, 0.2) is 0 Å². The van der Waals surface area contributed by atoms with Gasteiger partial charge in [0.1, 0.15) is 12.0 Å². The molecule has 0 unspecified atom stereocenters. The van der Waals surface area contributed by atoms with E-state index in [0.717, 1.165) is 11.3 Å². The first-order chi connectivity index (χ1) is 5.90. The molecule has 2 rings (SSSR count). The summed E-state index contributed by atoms with van der Waals surface area (Å²) in [6, 6.07) is 1.93. The number of oxazole rings is 1. The second kappa shape index (κ2) is 2.83. The van der Waals surface area contributed by atoms with Crippen molar-refractivity contribution in [2.75, 3.05) is 0 Å². The average molecular weight is 163 g/mol. The minimum Gasteiger partial charge on any atom is -0.447 e. The van der Waals surface area contributed by atoms with E-state index >= 15 is 0 Å². The molecule has 4 nitrogen and oxygen atoms in total. The Morgan fingerprint density at radius 2 is 2.50 bits per heavy atom. The maximum Gasteiger partial charge on any atom is 0.208 e. The highest BCUT2D eigenvalue weighted by molar-refractivity contribution is 5.56. The van der Waals surface area contributed by atoms with Gasteiger partial charge in [-0.3, -0.25) is 0 Å². The number of rotatable bonds is 2. The predicted octanol–water partition coefficient (Wildman–Crippen LogP) is 1.13. The maximum atomic E-state index is 5.35. The second-order valence-corrected chi connectivity index (χ2v) is 2.43. The molecule has 0 aliphatic carbocycles. The third kappa shape index (κ3) is 1.12. The molecular weight excluding hydrogens is 154 g/mol. The van der Waals surface area contributed by atoms with Crippen molar-refractivity contribution >= 4 is 0 Å². The zero-order valence-corrected chi connectivity index (χ0v) is 6.45. The first-order valence-electron chi connectivity index (χ1n) is 3.68. The lowest BCUT2D eigenvalue weighted by Gasteiger charge is -1.84. The van der Waals surface area contributed by atoms with Gasteiger partial charge in [-0.05, 0) is 6.07 Å². The molecule has 0 saturated carbocycles. The average Bonchev–Trinajstić information content (AvgIpc) is 2.75. The van der Waals surface area contributed by atoms with E-state index in [1.54, 1.807) is 6.26 Å². The van der Waals surface area contributed by atoms with E-state index in [-0.39, 0.29) is 0 Å². The van der Waals surface area contributed by atoms with Gasteiger partial charge >= 0.3 is 0 Å². The van der Waals surface area contributed by atoms with Gasteiger partial charge in [0.25, 0.3) is 0 Å². The van der Waals surface area contributed by atoms with Crippen LogP contribution in [0.4, 0.5) is 0 Å². The van der Waals surface area contributed by atoms with Crippen LogP contribution in [0.15, 0.2) is 29.1 Å². The summed E-state index contributed by atoms with van der Waals surface area (Å²) >= 11 is 0. The van der Waals surface area contributed by atoms with Crippen molar-refractivity contribution in [2.24, 2.45) is 5.73 Å². The first-order valence-corrected chi connectivity index (χ1v) is 3.68. The lowest BCUT2D eigenvalue weighted by molar-refractivity contribution is 0.498. The molecule has 3 N–H and O–H groups in total. The van der Waals surface area contributed by atoms with Crippen molar-refractivity contribution in [1.82, 2.24) is 9.97 Å². The van der Waals surface area contributed by atoms with E-state index in [1.807, 2.05) is 18.5 Å². The summed E-state index contributed by atoms with van der Waals surface area (Å²) in [5, 5.41) is 0. The van der Waals surface area contributed by atoms with Crippen molar-refractivity contribution < 1.29 is 4.42 Å². The van der Waals surface area contributed by atoms with E-state index < -0.39 is 0 Å². The summed E-state index contributed by atoms with van der Waals surface area (Å²) in [5.41, 5.74) is 7.18. The summed E-state index contributed by atoms with van der Waals surface area (Å²) in [7, 11) is 0. The fraction of sp³-hybridized carbons (Fsp3) is 0.125. The molecule has 4 heteroatoms. The van der Waals surface area contributed by atoms with Gasteiger partial charge in [-0.25, -0.2) is 4.98 Å². The Hall–Kier alpha value is -1.55. The molecular formula is C8H9N3O. The van der Waals surface area contributed by atoms with Crippen LogP contribution in [0.25, 0.3) is 11.3 Å². The molecule has 2 aromatic heterocycles. The maximum absolute atomic E-state index is 5.35. The Bertz CT molecular complexity index is 350. The van der Waals surface area contributed by atoms with E-state index in [2.05, 4.69) is 9.97 Å². The number of aromatic amines is 1. The first kappa shape index (κ1) is 7.12. The summed E-state index contributed by atoms with van der Waals surface area (Å²) < 4.78 is 5.09. The standard InChI is InChI=1S/C8H9N3O/c9-3-8-11-7(5-12-8)6-1-2-10-4-6/h1-2,4-5,10H,3,9H2. The molecule has 2 aromatic rings. The van der Waals surface area contributed by atoms with E-state index in [9.17, 15) is 0 Å². The SMILES string of the molecule is NCc1nc(-c2cc[nH]c2)co1. The molecule has 0 radical (unpaired) electrons. The molecule has 0 bridgehead atoms. The molecule has 0 aliphatic heterocycles. The van der Waals surface area contributed by atoms with Gasteiger partial charge in [0.2, 0.25) is 5.89 Å². The van der Waals surface area contributed by atoms with Crippen LogP contribution in [0.1, 0.15) is 5.89 Å².